The Morgan fingerprint density at radius 3 is 2.66 bits per heavy atom. The Bertz CT molecular complexity index is 907. The first-order valence-corrected chi connectivity index (χ1v) is 10.7. The lowest BCUT2D eigenvalue weighted by molar-refractivity contribution is -0.0605. The Morgan fingerprint density at radius 1 is 1.22 bits per heavy atom. The fourth-order valence-corrected chi connectivity index (χ4v) is 3.72. The Labute approximate surface area is 206 Å². The van der Waals surface area contributed by atoms with Crippen LogP contribution in [0.1, 0.15) is 41.4 Å². The van der Waals surface area contributed by atoms with Gasteiger partial charge in [-0.2, -0.15) is 0 Å². The molecule has 0 spiro atoms. The number of morpholine rings is 1. The molecule has 3 rings (SSSR count). The van der Waals surface area contributed by atoms with Gasteiger partial charge in [0, 0.05) is 32.2 Å². The molecule has 8 heteroatoms. The number of nitrogens with one attached hydrogen (secondary N) is 2. The van der Waals surface area contributed by atoms with Crippen LogP contribution >= 0.6 is 24.0 Å². The highest BCUT2D eigenvalue weighted by Gasteiger charge is 2.28. The molecule has 32 heavy (non-hydrogen) atoms. The number of hydrogen-bond donors (Lipinski definition) is 2. The van der Waals surface area contributed by atoms with Crippen LogP contribution in [0.5, 0.6) is 0 Å². The summed E-state index contributed by atoms with van der Waals surface area (Å²) >= 11 is 0. The number of aliphatic imine (C=N–C) groups is 1. The van der Waals surface area contributed by atoms with E-state index in [0.717, 1.165) is 36.6 Å². The molecule has 1 heterocycles. The minimum absolute atomic E-state index is 0. The van der Waals surface area contributed by atoms with E-state index in [-0.39, 0.29) is 47.9 Å². The van der Waals surface area contributed by atoms with Gasteiger partial charge in [0.25, 0.3) is 5.91 Å². The summed E-state index contributed by atoms with van der Waals surface area (Å²) in [6.07, 6.45) is 0.621. The molecule has 1 saturated heterocycles. The average molecular weight is 554 g/mol. The second kappa shape index (κ2) is 12.7. The third-order valence-electron chi connectivity index (χ3n) is 5.21. The molecule has 2 aromatic carbocycles. The van der Waals surface area contributed by atoms with Crippen molar-refractivity contribution in [1.82, 2.24) is 15.5 Å². The van der Waals surface area contributed by atoms with E-state index in [1.54, 1.807) is 25.2 Å². The van der Waals surface area contributed by atoms with Crippen LogP contribution < -0.4 is 10.6 Å². The maximum absolute atomic E-state index is 13.3. The average Bonchev–Trinajstić information content (AvgIpc) is 2.78. The zero-order valence-corrected chi connectivity index (χ0v) is 21.1. The molecule has 2 atom stereocenters. The number of hydrogen-bond acceptors (Lipinski definition) is 3. The summed E-state index contributed by atoms with van der Waals surface area (Å²) in [7, 11) is 1.63. The highest BCUT2D eigenvalue weighted by Crippen LogP contribution is 2.25. The van der Waals surface area contributed by atoms with Gasteiger partial charge < -0.3 is 20.3 Å². The zero-order chi connectivity index (χ0) is 22.2. The van der Waals surface area contributed by atoms with Gasteiger partial charge in [0.05, 0.1) is 12.6 Å². The summed E-state index contributed by atoms with van der Waals surface area (Å²) in [4.78, 5) is 18.9. The molecule has 0 aliphatic carbocycles. The van der Waals surface area contributed by atoms with Crippen LogP contribution in [0.15, 0.2) is 53.5 Å². The van der Waals surface area contributed by atoms with Gasteiger partial charge in [-0.05, 0) is 55.7 Å². The number of ether oxygens (including phenoxy) is 1. The Balaban J connectivity index is 0.00000363. The highest BCUT2D eigenvalue weighted by atomic mass is 127. The molecular weight excluding hydrogens is 522 g/mol. The molecule has 1 aliphatic rings. The van der Waals surface area contributed by atoms with E-state index in [0.29, 0.717) is 18.7 Å². The summed E-state index contributed by atoms with van der Waals surface area (Å²) in [6, 6.07) is 14.1. The largest absolute Gasteiger partial charge is 0.367 e. The van der Waals surface area contributed by atoms with Crippen molar-refractivity contribution in [3.05, 3.63) is 71.0 Å². The molecule has 0 radical (unpaired) electrons. The van der Waals surface area contributed by atoms with E-state index in [1.165, 1.54) is 12.1 Å². The fourth-order valence-electron chi connectivity index (χ4n) is 3.72. The summed E-state index contributed by atoms with van der Waals surface area (Å²) in [5.41, 5.74) is 2.68. The first kappa shape index (κ1) is 26.1. The predicted molar refractivity (Wildman–Crippen MR) is 136 cm³/mol. The van der Waals surface area contributed by atoms with Crippen LogP contribution in [0.4, 0.5) is 4.39 Å². The van der Waals surface area contributed by atoms with Crippen LogP contribution in [0.2, 0.25) is 0 Å². The van der Waals surface area contributed by atoms with Crippen molar-refractivity contribution in [2.45, 2.75) is 32.5 Å². The maximum Gasteiger partial charge on any atom is 0.251 e. The minimum Gasteiger partial charge on any atom is -0.367 e. The predicted octanol–water partition coefficient (Wildman–Crippen LogP) is 3.77. The van der Waals surface area contributed by atoms with Crippen molar-refractivity contribution in [3.8, 4) is 0 Å². The summed E-state index contributed by atoms with van der Waals surface area (Å²) in [5.74, 6) is 0.500. The molecule has 6 nitrogen and oxygen atoms in total. The van der Waals surface area contributed by atoms with E-state index in [9.17, 15) is 9.18 Å². The Hall–Kier alpha value is -2.20. The van der Waals surface area contributed by atoms with Gasteiger partial charge in [-0.3, -0.25) is 9.79 Å². The van der Waals surface area contributed by atoms with Crippen molar-refractivity contribution in [2.24, 2.45) is 4.99 Å². The van der Waals surface area contributed by atoms with Gasteiger partial charge in [0.15, 0.2) is 5.96 Å². The van der Waals surface area contributed by atoms with Gasteiger partial charge in [0.2, 0.25) is 0 Å². The quantitative estimate of drug-likeness (QED) is 0.324. The summed E-state index contributed by atoms with van der Waals surface area (Å²) in [6.45, 7) is 6.83. The van der Waals surface area contributed by atoms with E-state index in [4.69, 9.17) is 9.73 Å². The number of carbonyl (C=O) groups is 1. The summed E-state index contributed by atoms with van der Waals surface area (Å²) < 4.78 is 19.4. The van der Waals surface area contributed by atoms with Crippen molar-refractivity contribution in [3.63, 3.8) is 0 Å². The molecule has 0 bridgehead atoms. The first-order valence-electron chi connectivity index (χ1n) is 10.7. The molecule has 0 aromatic heterocycles. The maximum atomic E-state index is 13.3. The lowest BCUT2D eigenvalue weighted by Crippen LogP contribution is -2.50. The number of amides is 1. The lowest BCUT2D eigenvalue weighted by Gasteiger charge is -2.38. The smallest absolute Gasteiger partial charge is 0.251 e. The zero-order valence-electron chi connectivity index (χ0n) is 18.8. The highest BCUT2D eigenvalue weighted by molar-refractivity contribution is 14.0. The van der Waals surface area contributed by atoms with Crippen LogP contribution in [0, 0.1) is 5.82 Å². The van der Waals surface area contributed by atoms with Crippen LogP contribution in [-0.4, -0.2) is 56.1 Å². The number of nitrogens with zero attached hydrogens (tertiary/aromatic N) is 2. The topological polar surface area (TPSA) is 66.0 Å². The van der Waals surface area contributed by atoms with Crippen molar-refractivity contribution in [1.29, 1.82) is 0 Å². The van der Waals surface area contributed by atoms with Crippen molar-refractivity contribution in [2.75, 3.05) is 33.2 Å². The normalized spacial score (nSPS) is 18.6. The minimum atomic E-state index is -0.250. The third kappa shape index (κ3) is 7.16. The van der Waals surface area contributed by atoms with Gasteiger partial charge in [0.1, 0.15) is 11.9 Å². The van der Waals surface area contributed by atoms with Crippen molar-refractivity contribution < 1.29 is 13.9 Å². The molecule has 2 aromatic rings. The fraction of sp³-hybridized carbons (Fsp3) is 0.417. The molecule has 2 unspecified atom stereocenters. The molecule has 174 valence electrons. The molecule has 1 aliphatic heterocycles. The number of rotatable bonds is 6. The third-order valence-corrected chi connectivity index (χ3v) is 5.21. The van der Waals surface area contributed by atoms with E-state index in [2.05, 4.69) is 15.5 Å². The first-order chi connectivity index (χ1) is 15.0. The molecule has 2 N–H and O–H groups in total. The van der Waals surface area contributed by atoms with E-state index < -0.39 is 0 Å². The lowest BCUT2D eigenvalue weighted by atomic mass is 10.1. The monoisotopic (exact) mass is 554 g/mol. The molecule has 0 saturated carbocycles. The van der Waals surface area contributed by atoms with E-state index in [1.807, 2.05) is 32.0 Å². The molecular formula is C24H32FIN4O2. The van der Waals surface area contributed by atoms with Crippen LogP contribution in [0.3, 0.4) is 0 Å². The Morgan fingerprint density at radius 2 is 1.97 bits per heavy atom. The number of halogens is 2. The standard InChI is InChI=1S/C24H31FN4O2.HI/c1-4-27-24(28-13-12-18-6-5-7-20(14-18)23(30)26-3)29-15-17(2)31-22(16-29)19-8-10-21(25)11-9-19;/h5-11,14,17,22H,4,12-13,15-16H2,1-3H3,(H,26,30)(H,27,28);1H. The summed E-state index contributed by atoms with van der Waals surface area (Å²) in [5, 5.41) is 6.03. The second-order valence-electron chi connectivity index (χ2n) is 7.66. The Kier molecular flexibility index (Phi) is 10.4. The number of guanidine groups is 1. The van der Waals surface area contributed by atoms with Gasteiger partial charge >= 0.3 is 0 Å². The van der Waals surface area contributed by atoms with Gasteiger partial charge in [-0.15, -0.1) is 24.0 Å². The van der Waals surface area contributed by atoms with Gasteiger partial charge in [-0.25, -0.2) is 4.39 Å². The molecule has 1 fully saturated rings. The van der Waals surface area contributed by atoms with Crippen molar-refractivity contribution >= 4 is 35.8 Å². The van der Waals surface area contributed by atoms with E-state index >= 15 is 0 Å². The molecule has 1 amide bonds. The van der Waals surface area contributed by atoms with Crippen LogP contribution in [0.25, 0.3) is 0 Å². The SMILES string of the molecule is CCNC(=NCCc1cccc(C(=O)NC)c1)N1CC(C)OC(c2ccc(F)cc2)C1.I. The second-order valence-corrected chi connectivity index (χ2v) is 7.66. The van der Waals surface area contributed by atoms with Gasteiger partial charge in [-0.1, -0.05) is 24.3 Å². The number of carbonyl (C=O) groups excluding carboxylic acids is 1. The van der Waals surface area contributed by atoms with Crippen LogP contribution in [-0.2, 0) is 11.2 Å². The number of benzene rings is 2.